The molecule has 0 aromatic heterocycles. The van der Waals surface area contributed by atoms with Crippen molar-refractivity contribution >= 4 is 23.0 Å². The second-order valence-electron chi connectivity index (χ2n) is 9.33. The highest BCUT2D eigenvalue weighted by Gasteiger charge is 2.38. The van der Waals surface area contributed by atoms with Gasteiger partial charge in [0.15, 0.2) is 0 Å². The Morgan fingerprint density at radius 1 is 1.21 bits per heavy atom. The molecule has 1 heterocycles. The number of esters is 1. The van der Waals surface area contributed by atoms with Crippen LogP contribution in [0.2, 0.25) is 0 Å². The highest BCUT2D eigenvalue weighted by Crippen LogP contribution is 2.40. The second-order valence-corrected chi connectivity index (χ2v) is 11.2. The first-order valence-corrected chi connectivity index (χ1v) is 12.2. The van der Waals surface area contributed by atoms with E-state index < -0.39 is 22.5 Å². The maximum atomic E-state index is 12.7. The molecule has 0 bridgehead atoms. The Morgan fingerprint density at radius 2 is 1.88 bits per heavy atom. The minimum atomic E-state index is -4.82. The number of carbonyl (C=O) groups is 1. The first-order valence-electron chi connectivity index (χ1n) is 11.1. The fourth-order valence-electron chi connectivity index (χ4n) is 4.11. The SMILES string of the molecule is CCOC(=O)C1CCC([C@@H]2CC(=N[S+]([O-])C(C)(C)C)c3ccc(OC(F)(F)F)cc3O2)CC1. The normalized spacial score (nSPS) is 25.7. The van der Waals surface area contributed by atoms with Crippen LogP contribution in [0.5, 0.6) is 11.5 Å². The number of ether oxygens (including phenoxy) is 3. The number of benzene rings is 1. The van der Waals surface area contributed by atoms with Gasteiger partial charge in [0.1, 0.15) is 39.4 Å². The molecule has 0 N–H and O–H groups in total. The van der Waals surface area contributed by atoms with Crippen molar-refractivity contribution < 1.29 is 36.7 Å². The molecule has 1 aromatic rings. The van der Waals surface area contributed by atoms with Crippen molar-refractivity contribution in [3.8, 4) is 11.5 Å². The first kappa shape index (κ1) is 25.7. The summed E-state index contributed by atoms with van der Waals surface area (Å²) < 4.78 is 70.0. The quantitative estimate of drug-likeness (QED) is 0.411. The average molecular weight is 490 g/mol. The fraction of sp³-hybridized carbons (Fsp3) is 0.652. The molecule has 0 amide bonds. The summed E-state index contributed by atoms with van der Waals surface area (Å²) in [7, 11) is 0. The van der Waals surface area contributed by atoms with Crippen LogP contribution in [0.4, 0.5) is 13.2 Å². The van der Waals surface area contributed by atoms with E-state index in [1.165, 1.54) is 18.2 Å². The number of fused-ring (bicyclic) bond motifs is 1. The molecule has 1 unspecified atom stereocenters. The number of hydrogen-bond acceptors (Lipinski definition) is 6. The van der Waals surface area contributed by atoms with E-state index in [2.05, 4.69) is 9.13 Å². The molecule has 1 aliphatic carbocycles. The maximum Gasteiger partial charge on any atom is 0.573 e. The molecule has 33 heavy (non-hydrogen) atoms. The van der Waals surface area contributed by atoms with E-state index in [0.717, 1.165) is 12.8 Å². The second kappa shape index (κ2) is 10.1. The van der Waals surface area contributed by atoms with Crippen molar-refractivity contribution in [1.29, 1.82) is 0 Å². The summed E-state index contributed by atoms with van der Waals surface area (Å²) in [6.07, 6.45) is -2.02. The van der Waals surface area contributed by atoms with Gasteiger partial charge in [-0.15, -0.1) is 13.2 Å². The van der Waals surface area contributed by atoms with E-state index in [1.807, 2.05) is 20.8 Å². The lowest BCUT2D eigenvalue weighted by molar-refractivity contribution is -0.274. The zero-order chi connectivity index (χ0) is 24.4. The van der Waals surface area contributed by atoms with Gasteiger partial charge in [-0.25, -0.2) is 0 Å². The van der Waals surface area contributed by atoms with Crippen LogP contribution in [-0.2, 0) is 20.9 Å². The molecule has 0 saturated heterocycles. The average Bonchev–Trinajstić information content (AvgIpc) is 2.71. The number of halogens is 3. The minimum Gasteiger partial charge on any atom is -0.591 e. The first-order chi connectivity index (χ1) is 15.4. The van der Waals surface area contributed by atoms with Crippen LogP contribution in [0.15, 0.2) is 22.6 Å². The molecule has 3 rings (SSSR count). The number of carbonyl (C=O) groups excluding carboxylic acids is 1. The Labute approximate surface area is 195 Å². The van der Waals surface area contributed by atoms with E-state index in [4.69, 9.17) is 9.47 Å². The topological polar surface area (TPSA) is 80.2 Å². The molecule has 0 radical (unpaired) electrons. The van der Waals surface area contributed by atoms with Gasteiger partial charge in [0.05, 0.1) is 12.5 Å². The summed E-state index contributed by atoms with van der Waals surface area (Å²) in [5.41, 5.74) is 1.05. The Kier molecular flexibility index (Phi) is 7.88. The van der Waals surface area contributed by atoms with Gasteiger partial charge in [0.2, 0.25) is 0 Å². The summed E-state index contributed by atoms with van der Waals surface area (Å²) in [5.74, 6) is -0.410. The zero-order valence-corrected chi connectivity index (χ0v) is 20.1. The monoisotopic (exact) mass is 489 g/mol. The smallest absolute Gasteiger partial charge is 0.573 e. The molecule has 1 aromatic carbocycles. The molecule has 1 aliphatic heterocycles. The number of nitrogens with zero attached hydrogens (tertiary/aromatic N) is 1. The van der Waals surface area contributed by atoms with Gasteiger partial charge in [0, 0.05) is 18.1 Å². The third kappa shape index (κ3) is 6.79. The van der Waals surface area contributed by atoms with Crippen LogP contribution in [0.25, 0.3) is 0 Å². The summed E-state index contributed by atoms with van der Waals surface area (Å²) in [6.45, 7) is 7.54. The molecule has 10 heteroatoms. The zero-order valence-electron chi connectivity index (χ0n) is 19.2. The van der Waals surface area contributed by atoms with Crippen molar-refractivity contribution in [3.05, 3.63) is 23.8 Å². The molecule has 1 fully saturated rings. The van der Waals surface area contributed by atoms with Crippen molar-refractivity contribution in [2.24, 2.45) is 16.2 Å². The molecular formula is C23H30F3NO5S. The molecular weight excluding hydrogens is 459 g/mol. The van der Waals surface area contributed by atoms with Gasteiger partial charge in [-0.05, 0) is 71.4 Å². The molecule has 0 spiro atoms. The summed E-state index contributed by atoms with van der Waals surface area (Å²) >= 11 is -1.54. The van der Waals surface area contributed by atoms with Crippen LogP contribution in [-0.4, -0.2) is 40.1 Å². The predicted molar refractivity (Wildman–Crippen MR) is 119 cm³/mol. The highest BCUT2D eigenvalue weighted by atomic mass is 32.2. The fourth-order valence-corrected chi connectivity index (χ4v) is 4.76. The third-order valence-electron chi connectivity index (χ3n) is 5.80. The largest absolute Gasteiger partial charge is 0.591 e. The van der Waals surface area contributed by atoms with Crippen molar-refractivity contribution in [3.63, 3.8) is 0 Å². The Balaban J connectivity index is 1.84. The van der Waals surface area contributed by atoms with E-state index in [-0.39, 0.29) is 35.4 Å². The van der Waals surface area contributed by atoms with Crippen LogP contribution in [0.1, 0.15) is 65.4 Å². The van der Waals surface area contributed by atoms with E-state index >= 15 is 0 Å². The van der Waals surface area contributed by atoms with Crippen molar-refractivity contribution in [1.82, 2.24) is 0 Å². The van der Waals surface area contributed by atoms with Crippen LogP contribution in [0.3, 0.4) is 0 Å². The van der Waals surface area contributed by atoms with E-state index in [1.54, 1.807) is 6.92 Å². The Hall–Kier alpha value is -1.94. The van der Waals surface area contributed by atoms with Gasteiger partial charge < -0.3 is 18.8 Å². The summed E-state index contributed by atoms with van der Waals surface area (Å²) in [4.78, 5) is 12.1. The van der Waals surface area contributed by atoms with E-state index in [0.29, 0.717) is 37.1 Å². The predicted octanol–water partition coefficient (Wildman–Crippen LogP) is 5.36. The molecule has 1 saturated carbocycles. The lowest BCUT2D eigenvalue weighted by Gasteiger charge is -2.36. The summed E-state index contributed by atoms with van der Waals surface area (Å²) in [5, 5.41) is 0. The summed E-state index contributed by atoms with van der Waals surface area (Å²) in [6, 6.07) is 3.87. The van der Waals surface area contributed by atoms with Crippen LogP contribution < -0.4 is 9.47 Å². The van der Waals surface area contributed by atoms with Gasteiger partial charge >= 0.3 is 12.3 Å². The molecule has 6 nitrogen and oxygen atoms in total. The van der Waals surface area contributed by atoms with Gasteiger partial charge in [-0.2, -0.15) is 0 Å². The Morgan fingerprint density at radius 3 is 2.45 bits per heavy atom. The molecule has 184 valence electrons. The number of hydrogen-bond donors (Lipinski definition) is 0. The maximum absolute atomic E-state index is 12.7. The third-order valence-corrected chi connectivity index (χ3v) is 7.24. The van der Waals surface area contributed by atoms with Gasteiger partial charge in [-0.3, -0.25) is 4.79 Å². The van der Waals surface area contributed by atoms with Crippen LogP contribution >= 0.6 is 0 Å². The molecule has 2 aliphatic rings. The van der Waals surface area contributed by atoms with Crippen molar-refractivity contribution in [2.45, 2.75) is 77.0 Å². The van der Waals surface area contributed by atoms with Crippen molar-refractivity contribution in [2.75, 3.05) is 6.61 Å². The number of alkyl halides is 3. The van der Waals surface area contributed by atoms with Gasteiger partial charge in [0.25, 0.3) is 0 Å². The minimum absolute atomic E-state index is 0.0873. The van der Waals surface area contributed by atoms with Crippen LogP contribution in [0, 0.1) is 11.8 Å². The van der Waals surface area contributed by atoms with E-state index in [9.17, 15) is 22.5 Å². The lowest BCUT2D eigenvalue weighted by Crippen LogP contribution is -2.38. The standard InChI is InChI=1S/C23H30F3NO5S/c1-5-30-21(28)15-8-6-14(7-9-15)19-13-18(27-33(29)22(2,3)4)17-11-10-16(12-20(17)31-19)32-23(24,25)26/h10-12,14-15,19H,5-9,13H2,1-4H3/t14?,15?,19-,33?/m0/s1. The number of rotatable bonds is 5. The molecule has 2 atom stereocenters. The van der Waals surface area contributed by atoms with Gasteiger partial charge in [-0.1, -0.05) is 4.40 Å². The lowest BCUT2D eigenvalue weighted by atomic mass is 9.77. The Bertz CT molecular complexity index is 876. The highest BCUT2D eigenvalue weighted by molar-refractivity contribution is 7.91.